The lowest BCUT2D eigenvalue weighted by molar-refractivity contribution is 0.414. The molecule has 4 heteroatoms. The van der Waals surface area contributed by atoms with Crippen LogP contribution in [0.4, 0.5) is 0 Å². The zero-order valence-corrected chi connectivity index (χ0v) is 16.1. The van der Waals surface area contributed by atoms with E-state index in [0.717, 1.165) is 39.1 Å². The van der Waals surface area contributed by atoms with E-state index in [2.05, 4.69) is 71.5 Å². The molecule has 3 nitrogen and oxygen atoms in total. The molecule has 4 rings (SSSR count). The Bertz CT molecular complexity index is 1030. The van der Waals surface area contributed by atoms with E-state index < -0.39 is 0 Å². The molecule has 0 atom stereocenters. The molecule has 0 saturated heterocycles. The molecule has 1 aromatic heterocycles. The summed E-state index contributed by atoms with van der Waals surface area (Å²) >= 11 is 1.65. The van der Waals surface area contributed by atoms with Crippen LogP contribution in [0.3, 0.4) is 0 Å². The van der Waals surface area contributed by atoms with Gasteiger partial charge in [0, 0.05) is 16.8 Å². The maximum atomic E-state index is 5.32. The smallest absolute Gasteiger partial charge is 0.173 e. The van der Waals surface area contributed by atoms with Crippen LogP contribution in [0.2, 0.25) is 0 Å². The fourth-order valence-electron chi connectivity index (χ4n) is 3.17. The lowest BCUT2D eigenvalue weighted by Gasteiger charge is -2.13. The maximum absolute atomic E-state index is 5.32. The third-order valence-electron chi connectivity index (χ3n) is 4.45. The lowest BCUT2D eigenvalue weighted by atomic mass is 10.0. The monoisotopic (exact) mass is 372 g/mol. The van der Waals surface area contributed by atoms with Gasteiger partial charge in [0.15, 0.2) is 5.16 Å². The van der Waals surface area contributed by atoms with Crippen LogP contribution in [-0.4, -0.2) is 22.9 Å². The van der Waals surface area contributed by atoms with Crippen molar-refractivity contribution in [1.82, 2.24) is 9.55 Å². The standard InChI is InChI=1S/C23H20N2OS/c1-26-20-15-13-19(14-16-20)25-22(18-11-7-4-8-12-18)21(24-23(25)27-2)17-9-5-3-6-10-17/h3-16H,1-2H3. The van der Waals surface area contributed by atoms with E-state index in [1.807, 2.05) is 24.3 Å². The minimum Gasteiger partial charge on any atom is -0.497 e. The highest BCUT2D eigenvalue weighted by molar-refractivity contribution is 7.98. The predicted molar refractivity (Wildman–Crippen MR) is 113 cm³/mol. The highest BCUT2D eigenvalue weighted by Gasteiger charge is 2.20. The number of nitrogens with zero attached hydrogens (tertiary/aromatic N) is 2. The summed E-state index contributed by atoms with van der Waals surface area (Å²) < 4.78 is 7.54. The Balaban J connectivity index is 2.00. The second-order valence-electron chi connectivity index (χ2n) is 6.06. The fraction of sp³-hybridized carbons (Fsp3) is 0.0870. The first-order valence-corrected chi connectivity index (χ1v) is 9.96. The third kappa shape index (κ3) is 3.36. The Kier molecular flexibility index (Phi) is 4.99. The van der Waals surface area contributed by atoms with Crippen molar-refractivity contribution >= 4 is 11.8 Å². The second-order valence-corrected chi connectivity index (χ2v) is 6.83. The molecule has 0 radical (unpaired) electrons. The SMILES string of the molecule is COc1ccc(-n2c(SC)nc(-c3ccccc3)c2-c2ccccc2)cc1. The summed E-state index contributed by atoms with van der Waals surface area (Å²) in [6, 6.07) is 28.9. The summed E-state index contributed by atoms with van der Waals surface area (Å²) in [5.41, 5.74) is 5.39. The summed E-state index contributed by atoms with van der Waals surface area (Å²) in [5.74, 6) is 0.842. The summed E-state index contributed by atoms with van der Waals surface area (Å²) in [6.45, 7) is 0. The van der Waals surface area contributed by atoms with Crippen LogP contribution < -0.4 is 4.74 Å². The van der Waals surface area contributed by atoms with Crippen LogP contribution in [0.15, 0.2) is 90.1 Å². The molecule has 1 heterocycles. The van der Waals surface area contributed by atoms with Crippen LogP contribution in [-0.2, 0) is 0 Å². The van der Waals surface area contributed by atoms with Gasteiger partial charge in [-0.15, -0.1) is 0 Å². The largest absolute Gasteiger partial charge is 0.497 e. The molecule has 0 amide bonds. The summed E-state index contributed by atoms with van der Waals surface area (Å²) in [6.07, 6.45) is 2.06. The molecule has 0 aliphatic rings. The lowest BCUT2D eigenvalue weighted by Crippen LogP contribution is -1.99. The van der Waals surface area contributed by atoms with Crippen LogP contribution in [0.5, 0.6) is 5.75 Å². The van der Waals surface area contributed by atoms with Gasteiger partial charge in [-0.25, -0.2) is 4.98 Å². The first-order valence-electron chi connectivity index (χ1n) is 8.74. The van der Waals surface area contributed by atoms with Crippen molar-refractivity contribution in [2.24, 2.45) is 0 Å². The fourth-order valence-corrected chi connectivity index (χ4v) is 3.73. The molecule has 0 bridgehead atoms. The number of aromatic nitrogens is 2. The van der Waals surface area contributed by atoms with E-state index in [1.54, 1.807) is 18.9 Å². The molecule has 0 spiro atoms. The van der Waals surface area contributed by atoms with Gasteiger partial charge in [-0.1, -0.05) is 72.4 Å². The predicted octanol–water partition coefficient (Wildman–Crippen LogP) is 5.94. The van der Waals surface area contributed by atoms with Crippen LogP contribution >= 0.6 is 11.8 Å². The van der Waals surface area contributed by atoms with Gasteiger partial charge in [0.05, 0.1) is 18.5 Å². The number of hydrogen-bond donors (Lipinski definition) is 0. The molecule has 27 heavy (non-hydrogen) atoms. The molecular weight excluding hydrogens is 352 g/mol. The van der Waals surface area contributed by atoms with Crippen molar-refractivity contribution in [2.75, 3.05) is 13.4 Å². The third-order valence-corrected chi connectivity index (χ3v) is 5.09. The molecule has 0 aliphatic carbocycles. The zero-order chi connectivity index (χ0) is 18.6. The van der Waals surface area contributed by atoms with Crippen molar-refractivity contribution in [1.29, 1.82) is 0 Å². The van der Waals surface area contributed by atoms with Crippen LogP contribution in [0, 0.1) is 0 Å². The average Bonchev–Trinajstić information content (AvgIpc) is 3.15. The summed E-state index contributed by atoms with van der Waals surface area (Å²) in [4.78, 5) is 4.99. The molecule has 4 aromatic rings. The van der Waals surface area contributed by atoms with E-state index in [4.69, 9.17) is 9.72 Å². The number of hydrogen-bond acceptors (Lipinski definition) is 3. The van der Waals surface area contributed by atoms with Crippen LogP contribution in [0.1, 0.15) is 0 Å². The van der Waals surface area contributed by atoms with Gasteiger partial charge in [-0.2, -0.15) is 0 Å². The Hall–Kier alpha value is -2.98. The second kappa shape index (κ2) is 7.72. The number of rotatable bonds is 5. The van der Waals surface area contributed by atoms with Gasteiger partial charge in [0.1, 0.15) is 5.75 Å². The van der Waals surface area contributed by atoms with Crippen molar-refractivity contribution in [3.8, 4) is 34.0 Å². The molecule has 134 valence electrons. The number of benzene rings is 3. The minimum atomic E-state index is 0.842. The number of ether oxygens (including phenoxy) is 1. The quantitative estimate of drug-likeness (QED) is 0.406. The Morgan fingerprint density at radius 1 is 0.778 bits per heavy atom. The van der Waals surface area contributed by atoms with E-state index in [-0.39, 0.29) is 0 Å². The molecule has 0 fully saturated rings. The molecular formula is C23H20N2OS. The van der Waals surface area contributed by atoms with Crippen molar-refractivity contribution in [2.45, 2.75) is 5.16 Å². The molecule has 0 N–H and O–H groups in total. The minimum absolute atomic E-state index is 0.842. The van der Waals surface area contributed by atoms with Gasteiger partial charge in [-0.05, 0) is 30.5 Å². The van der Waals surface area contributed by atoms with Crippen LogP contribution in [0.25, 0.3) is 28.2 Å². The van der Waals surface area contributed by atoms with Gasteiger partial charge in [-0.3, -0.25) is 4.57 Å². The highest BCUT2D eigenvalue weighted by Crippen LogP contribution is 2.37. The first-order chi connectivity index (χ1) is 13.3. The topological polar surface area (TPSA) is 27.1 Å². The van der Waals surface area contributed by atoms with E-state index in [9.17, 15) is 0 Å². The van der Waals surface area contributed by atoms with Gasteiger partial charge >= 0.3 is 0 Å². The number of imidazole rings is 1. The van der Waals surface area contributed by atoms with E-state index in [0.29, 0.717) is 0 Å². The average molecular weight is 372 g/mol. The number of thioether (sulfide) groups is 1. The Labute approximate surface area is 163 Å². The molecule has 0 unspecified atom stereocenters. The normalized spacial score (nSPS) is 10.7. The Morgan fingerprint density at radius 3 is 1.93 bits per heavy atom. The van der Waals surface area contributed by atoms with Crippen molar-refractivity contribution in [3.63, 3.8) is 0 Å². The van der Waals surface area contributed by atoms with Crippen molar-refractivity contribution in [3.05, 3.63) is 84.9 Å². The van der Waals surface area contributed by atoms with E-state index >= 15 is 0 Å². The van der Waals surface area contributed by atoms with Gasteiger partial charge < -0.3 is 4.74 Å². The first kappa shape index (κ1) is 17.4. The number of methoxy groups -OCH3 is 1. The molecule has 3 aromatic carbocycles. The Morgan fingerprint density at radius 2 is 1.37 bits per heavy atom. The van der Waals surface area contributed by atoms with Gasteiger partial charge in [0.25, 0.3) is 0 Å². The van der Waals surface area contributed by atoms with Gasteiger partial charge in [0.2, 0.25) is 0 Å². The highest BCUT2D eigenvalue weighted by atomic mass is 32.2. The van der Waals surface area contributed by atoms with Crippen molar-refractivity contribution < 1.29 is 4.74 Å². The summed E-state index contributed by atoms with van der Waals surface area (Å²) in [7, 11) is 1.68. The maximum Gasteiger partial charge on any atom is 0.173 e. The summed E-state index contributed by atoms with van der Waals surface area (Å²) in [5, 5.41) is 0.956. The zero-order valence-electron chi connectivity index (χ0n) is 15.3. The molecule has 0 saturated carbocycles. The molecule has 0 aliphatic heterocycles. The van der Waals surface area contributed by atoms with E-state index in [1.165, 1.54) is 0 Å².